The lowest BCUT2D eigenvalue weighted by molar-refractivity contribution is -0.145. The van der Waals surface area contributed by atoms with Crippen LogP contribution in [0.15, 0.2) is 10.6 Å². The minimum absolute atomic E-state index is 0.399. The van der Waals surface area contributed by atoms with Crippen LogP contribution in [0.2, 0.25) is 0 Å². The number of hydrogen-bond acceptors (Lipinski definition) is 4. The summed E-state index contributed by atoms with van der Waals surface area (Å²) in [6.45, 7) is 3.50. The van der Waals surface area contributed by atoms with Crippen LogP contribution in [-0.2, 0) is 4.79 Å². The molecule has 1 unspecified atom stereocenters. The molecule has 3 N–H and O–H groups in total. The van der Waals surface area contributed by atoms with Gasteiger partial charge in [-0.3, -0.25) is 0 Å². The van der Waals surface area contributed by atoms with E-state index in [0.29, 0.717) is 24.5 Å². The van der Waals surface area contributed by atoms with Crippen LogP contribution < -0.4 is 10.6 Å². The van der Waals surface area contributed by atoms with E-state index in [1.807, 2.05) is 0 Å². The van der Waals surface area contributed by atoms with Gasteiger partial charge in [-0.2, -0.15) is 0 Å². The molecule has 21 heavy (non-hydrogen) atoms. The number of nitrogens with zero attached hydrogens (tertiary/aromatic N) is 1. The summed E-state index contributed by atoms with van der Waals surface area (Å²) in [7, 11) is 0. The molecule has 2 amide bonds. The number of hydrogen-bond donors (Lipinski definition) is 3. The molecule has 0 aromatic carbocycles. The fraction of sp³-hybridized carbons (Fsp3) is 0.643. The number of amides is 2. The second-order valence-electron chi connectivity index (χ2n) is 5.58. The van der Waals surface area contributed by atoms with Crippen LogP contribution in [0, 0.1) is 6.92 Å². The van der Waals surface area contributed by atoms with Crippen molar-refractivity contribution < 1.29 is 19.1 Å². The SMILES string of the molecule is Cc1cnc(C(C)NC(=O)NC2(C(=O)O)CCCCC2)o1. The van der Waals surface area contributed by atoms with E-state index in [0.717, 1.165) is 19.3 Å². The minimum Gasteiger partial charge on any atom is -0.480 e. The molecule has 7 heteroatoms. The molecule has 0 radical (unpaired) electrons. The number of carboxylic acid groups (broad SMARTS) is 1. The third kappa shape index (κ3) is 3.53. The van der Waals surface area contributed by atoms with Crippen molar-refractivity contribution >= 4 is 12.0 Å². The summed E-state index contributed by atoms with van der Waals surface area (Å²) in [4.78, 5) is 27.6. The molecule has 1 atom stereocenters. The number of aromatic nitrogens is 1. The largest absolute Gasteiger partial charge is 0.480 e. The van der Waals surface area contributed by atoms with Gasteiger partial charge in [-0.15, -0.1) is 0 Å². The molecule has 0 aliphatic heterocycles. The Bertz CT molecular complexity index is 520. The molecule has 1 aromatic rings. The van der Waals surface area contributed by atoms with Gasteiger partial charge in [0.05, 0.1) is 6.20 Å². The van der Waals surface area contributed by atoms with Gasteiger partial charge >= 0.3 is 12.0 Å². The van der Waals surface area contributed by atoms with Crippen molar-refractivity contribution in [3.63, 3.8) is 0 Å². The van der Waals surface area contributed by atoms with Crippen molar-refractivity contribution in [3.05, 3.63) is 17.8 Å². The Morgan fingerprint density at radius 2 is 2.05 bits per heavy atom. The molecule has 0 saturated heterocycles. The van der Waals surface area contributed by atoms with Crippen LogP contribution in [-0.4, -0.2) is 27.6 Å². The number of oxazole rings is 1. The van der Waals surface area contributed by atoms with Crippen molar-refractivity contribution in [3.8, 4) is 0 Å². The first kappa shape index (κ1) is 15.3. The number of aryl methyl sites for hydroxylation is 1. The Balaban J connectivity index is 1.98. The van der Waals surface area contributed by atoms with E-state index in [9.17, 15) is 14.7 Å². The lowest BCUT2D eigenvalue weighted by Crippen LogP contribution is -2.58. The van der Waals surface area contributed by atoms with Gasteiger partial charge in [0.1, 0.15) is 17.3 Å². The highest BCUT2D eigenvalue weighted by atomic mass is 16.4. The summed E-state index contributed by atoms with van der Waals surface area (Å²) in [5, 5.41) is 14.7. The van der Waals surface area contributed by atoms with Gasteiger partial charge < -0.3 is 20.2 Å². The molecule has 7 nitrogen and oxygen atoms in total. The number of nitrogens with one attached hydrogen (secondary N) is 2. The highest BCUT2D eigenvalue weighted by Gasteiger charge is 2.41. The zero-order chi connectivity index (χ0) is 15.5. The van der Waals surface area contributed by atoms with Crippen molar-refractivity contribution in [2.75, 3.05) is 0 Å². The van der Waals surface area contributed by atoms with Gasteiger partial charge in [0.15, 0.2) is 0 Å². The number of carbonyl (C=O) groups is 2. The maximum absolute atomic E-state index is 12.1. The number of carboxylic acids is 1. The van der Waals surface area contributed by atoms with E-state index < -0.39 is 23.6 Å². The van der Waals surface area contributed by atoms with Gasteiger partial charge in [0, 0.05) is 0 Å². The lowest BCUT2D eigenvalue weighted by Gasteiger charge is -2.34. The van der Waals surface area contributed by atoms with Crippen LogP contribution in [0.1, 0.15) is 56.7 Å². The van der Waals surface area contributed by atoms with E-state index >= 15 is 0 Å². The van der Waals surface area contributed by atoms with Crippen LogP contribution in [0.5, 0.6) is 0 Å². The summed E-state index contributed by atoms with van der Waals surface area (Å²) >= 11 is 0. The first-order valence-electron chi connectivity index (χ1n) is 7.17. The fourth-order valence-electron chi connectivity index (χ4n) is 2.63. The van der Waals surface area contributed by atoms with E-state index in [4.69, 9.17) is 4.42 Å². The fourth-order valence-corrected chi connectivity index (χ4v) is 2.63. The highest BCUT2D eigenvalue weighted by Crippen LogP contribution is 2.28. The van der Waals surface area contributed by atoms with Crippen LogP contribution in [0.4, 0.5) is 4.79 Å². The predicted molar refractivity (Wildman–Crippen MR) is 74.8 cm³/mol. The van der Waals surface area contributed by atoms with Crippen LogP contribution in [0.3, 0.4) is 0 Å². The molecule has 1 saturated carbocycles. The minimum atomic E-state index is -1.16. The van der Waals surface area contributed by atoms with Crippen molar-refractivity contribution in [1.82, 2.24) is 15.6 Å². The molecule has 2 rings (SSSR count). The Morgan fingerprint density at radius 3 is 2.57 bits per heavy atom. The van der Waals surface area contributed by atoms with Crippen molar-refractivity contribution in [2.24, 2.45) is 0 Å². The van der Waals surface area contributed by atoms with Gasteiger partial charge in [-0.1, -0.05) is 19.3 Å². The van der Waals surface area contributed by atoms with Crippen LogP contribution in [0.25, 0.3) is 0 Å². The maximum Gasteiger partial charge on any atom is 0.329 e. The summed E-state index contributed by atoms with van der Waals surface area (Å²) in [5.74, 6) is 0.0842. The molecular weight excluding hydrogens is 274 g/mol. The number of carbonyl (C=O) groups excluding carboxylic acids is 1. The van der Waals surface area contributed by atoms with E-state index in [2.05, 4.69) is 15.6 Å². The molecule has 0 spiro atoms. The van der Waals surface area contributed by atoms with Crippen molar-refractivity contribution in [1.29, 1.82) is 0 Å². The third-order valence-corrected chi connectivity index (χ3v) is 3.83. The van der Waals surface area contributed by atoms with Crippen LogP contribution >= 0.6 is 0 Å². The first-order chi connectivity index (χ1) is 9.93. The quantitative estimate of drug-likeness (QED) is 0.789. The predicted octanol–water partition coefficient (Wildman–Crippen LogP) is 2.13. The van der Waals surface area contributed by atoms with Gasteiger partial charge in [-0.25, -0.2) is 14.6 Å². The molecule has 1 aliphatic carbocycles. The topological polar surface area (TPSA) is 104 Å². The van der Waals surface area contributed by atoms with Crippen molar-refractivity contribution in [2.45, 2.75) is 57.5 Å². The molecular formula is C14H21N3O4. The Kier molecular flexibility index (Phi) is 4.50. The summed E-state index contributed by atoms with van der Waals surface area (Å²) in [6.07, 6.45) is 5.11. The summed E-state index contributed by atoms with van der Waals surface area (Å²) in [6, 6.07) is -0.934. The zero-order valence-corrected chi connectivity index (χ0v) is 12.3. The molecule has 1 fully saturated rings. The second kappa shape index (κ2) is 6.15. The normalized spacial score (nSPS) is 18.8. The smallest absolute Gasteiger partial charge is 0.329 e. The molecule has 1 heterocycles. The van der Waals surface area contributed by atoms with Gasteiger partial charge in [0.25, 0.3) is 0 Å². The zero-order valence-electron chi connectivity index (χ0n) is 12.3. The lowest BCUT2D eigenvalue weighted by atomic mass is 9.82. The first-order valence-corrected chi connectivity index (χ1v) is 7.17. The number of aliphatic carboxylic acids is 1. The number of rotatable bonds is 4. The van der Waals surface area contributed by atoms with Gasteiger partial charge in [0.2, 0.25) is 5.89 Å². The average molecular weight is 295 g/mol. The molecule has 0 bridgehead atoms. The standard InChI is InChI=1S/C14H21N3O4/c1-9-8-15-11(21-9)10(2)16-13(20)17-14(12(18)19)6-4-3-5-7-14/h8,10H,3-7H2,1-2H3,(H,18,19)(H2,16,17,20). The van der Waals surface area contributed by atoms with E-state index in [1.54, 1.807) is 20.0 Å². The van der Waals surface area contributed by atoms with E-state index in [-0.39, 0.29) is 0 Å². The Hall–Kier alpha value is -2.05. The maximum atomic E-state index is 12.1. The second-order valence-corrected chi connectivity index (χ2v) is 5.58. The summed E-state index contributed by atoms with van der Waals surface area (Å²) < 4.78 is 5.34. The molecule has 116 valence electrons. The average Bonchev–Trinajstić information content (AvgIpc) is 2.86. The summed E-state index contributed by atoms with van der Waals surface area (Å²) in [5.41, 5.74) is -1.16. The molecule has 1 aliphatic rings. The Morgan fingerprint density at radius 1 is 1.38 bits per heavy atom. The Labute approximate surface area is 123 Å². The third-order valence-electron chi connectivity index (χ3n) is 3.83. The highest BCUT2D eigenvalue weighted by molar-refractivity contribution is 5.86. The monoisotopic (exact) mass is 295 g/mol. The van der Waals surface area contributed by atoms with E-state index in [1.165, 1.54) is 0 Å². The van der Waals surface area contributed by atoms with Gasteiger partial charge in [-0.05, 0) is 26.7 Å². The molecule has 1 aromatic heterocycles. The number of urea groups is 1.